The first kappa shape index (κ1) is 15.3. The summed E-state index contributed by atoms with van der Waals surface area (Å²) in [6, 6.07) is 11.1. The number of halogens is 3. The molecular formula is C17H17Cl2F. The summed E-state index contributed by atoms with van der Waals surface area (Å²) in [7, 11) is 0. The van der Waals surface area contributed by atoms with Gasteiger partial charge in [-0.2, -0.15) is 0 Å². The second-order valence-corrected chi connectivity index (χ2v) is 5.56. The second-order valence-electron chi connectivity index (χ2n) is 4.75. The van der Waals surface area contributed by atoms with Crippen LogP contribution in [-0.4, -0.2) is 0 Å². The van der Waals surface area contributed by atoms with Gasteiger partial charge in [-0.05, 0) is 41.2 Å². The molecular weight excluding hydrogens is 294 g/mol. The van der Waals surface area contributed by atoms with Gasteiger partial charge in [0.15, 0.2) is 0 Å². The van der Waals surface area contributed by atoms with E-state index in [0.717, 1.165) is 18.4 Å². The highest BCUT2D eigenvalue weighted by Gasteiger charge is 2.19. The minimum Gasteiger partial charge on any atom is -0.205 e. The third kappa shape index (κ3) is 2.99. The number of hydrogen-bond acceptors (Lipinski definition) is 0. The Morgan fingerprint density at radius 1 is 1.05 bits per heavy atom. The van der Waals surface area contributed by atoms with E-state index in [1.54, 1.807) is 12.1 Å². The normalized spacial score (nSPS) is 12.4. The van der Waals surface area contributed by atoms with Crippen molar-refractivity contribution in [1.29, 1.82) is 0 Å². The fourth-order valence-corrected chi connectivity index (χ4v) is 2.98. The molecule has 0 saturated heterocycles. The van der Waals surface area contributed by atoms with E-state index in [1.165, 1.54) is 17.2 Å². The highest BCUT2D eigenvalue weighted by atomic mass is 35.5. The van der Waals surface area contributed by atoms with E-state index in [1.807, 2.05) is 0 Å². The van der Waals surface area contributed by atoms with Crippen molar-refractivity contribution in [3.05, 3.63) is 69.5 Å². The Balaban J connectivity index is 2.51. The van der Waals surface area contributed by atoms with Gasteiger partial charge in [0.25, 0.3) is 0 Å². The van der Waals surface area contributed by atoms with E-state index in [2.05, 4.69) is 32.0 Å². The van der Waals surface area contributed by atoms with Crippen LogP contribution in [-0.2, 0) is 12.8 Å². The molecule has 1 unspecified atom stereocenters. The van der Waals surface area contributed by atoms with Crippen LogP contribution >= 0.6 is 23.2 Å². The molecule has 0 amide bonds. The molecule has 0 N–H and O–H groups in total. The van der Waals surface area contributed by atoms with Crippen molar-refractivity contribution in [3.8, 4) is 0 Å². The first-order valence-corrected chi connectivity index (χ1v) is 7.59. The molecule has 3 heteroatoms. The molecule has 2 aromatic carbocycles. The van der Waals surface area contributed by atoms with Crippen LogP contribution in [0.5, 0.6) is 0 Å². The Morgan fingerprint density at radius 2 is 1.80 bits per heavy atom. The van der Waals surface area contributed by atoms with Gasteiger partial charge in [-0.3, -0.25) is 0 Å². The Labute approximate surface area is 129 Å². The third-order valence-corrected chi connectivity index (χ3v) is 4.40. The zero-order chi connectivity index (χ0) is 14.7. The summed E-state index contributed by atoms with van der Waals surface area (Å²) in [5.74, 6) is -0.431. The quantitative estimate of drug-likeness (QED) is 0.614. The number of benzene rings is 2. The molecule has 0 bridgehead atoms. The largest absolute Gasteiger partial charge is 0.205 e. The van der Waals surface area contributed by atoms with Gasteiger partial charge in [-0.1, -0.05) is 55.8 Å². The molecule has 0 aliphatic heterocycles. The Bertz CT molecular complexity index is 608. The van der Waals surface area contributed by atoms with Crippen molar-refractivity contribution in [2.75, 3.05) is 0 Å². The van der Waals surface area contributed by atoms with Crippen LogP contribution < -0.4 is 0 Å². The molecule has 0 radical (unpaired) electrons. The summed E-state index contributed by atoms with van der Waals surface area (Å²) in [4.78, 5) is 0. The van der Waals surface area contributed by atoms with Gasteiger partial charge in [0.2, 0.25) is 0 Å². The minimum absolute atomic E-state index is 0.108. The molecule has 0 aliphatic rings. The number of hydrogen-bond donors (Lipinski definition) is 0. The maximum absolute atomic E-state index is 13.6. The maximum Gasteiger partial charge on any atom is 0.142 e. The van der Waals surface area contributed by atoms with E-state index in [4.69, 9.17) is 23.2 Å². The van der Waals surface area contributed by atoms with Crippen molar-refractivity contribution >= 4 is 23.2 Å². The molecule has 0 aromatic heterocycles. The first-order valence-electron chi connectivity index (χ1n) is 6.78. The number of rotatable bonds is 4. The smallest absolute Gasteiger partial charge is 0.142 e. The lowest BCUT2D eigenvalue weighted by Gasteiger charge is -2.17. The van der Waals surface area contributed by atoms with Crippen molar-refractivity contribution in [1.82, 2.24) is 0 Å². The predicted octanol–water partition coefficient (Wildman–Crippen LogP) is 5.93. The summed E-state index contributed by atoms with van der Waals surface area (Å²) < 4.78 is 13.6. The monoisotopic (exact) mass is 310 g/mol. The summed E-state index contributed by atoms with van der Waals surface area (Å²) in [5.41, 5.74) is 4.02. The lowest BCUT2D eigenvalue weighted by atomic mass is 9.95. The fraction of sp³-hybridized carbons (Fsp3) is 0.294. The zero-order valence-electron chi connectivity index (χ0n) is 11.6. The van der Waals surface area contributed by atoms with Gasteiger partial charge in [0.1, 0.15) is 5.82 Å². The van der Waals surface area contributed by atoms with Crippen LogP contribution in [0.1, 0.15) is 41.5 Å². The maximum atomic E-state index is 13.6. The molecule has 0 nitrogen and oxygen atoms in total. The topological polar surface area (TPSA) is 0 Å². The Morgan fingerprint density at radius 3 is 2.45 bits per heavy atom. The van der Waals surface area contributed by atoms with Crippen LogP contribution in [0.25, 0.3) is 0 Å². The average Bonchev–Trinajstić information content (AvgIpc) is 2.48. The second kappa shape index (κ2) is 6.60. The van der Waals surface area contributed by atoms with Gasteiger partial charge in [-0.25, -0.2) is 4.39 Å². The van der Waals surface area contributed by atoms with Gasteiger partial charge >= 0.3 is 0 Å². The lowest BCUT2D eigenvalue weighted by Crippen LogP contribution is -2.01. The van der Waals surface area contributed by atoms with Gasteiger partial charge in [0, 0.05) is 0 Å². The molecule has 2 rings (SSSR count). The number of aryl methyl sites for hydroxylation is 2. The SMILES string of the molecule is CCc1ccc(CC)c(C(Cl)c2cccc(F)c2Cl)c1. The minimum atomic E-state index is -0.431. The van der Waals surface area contributed by atoms with Gasteiger partial charge in [-0.15, -0.1) is 11.6 Å². The fourth-order valence-electron chi connectivity index (χ4n) is 2.31. The van der Waals surface area contributed by atoms with E-state index in [0.29, 0.717) is 5.56 Å². The van der Waals surface area contributed by atoms with Crippen molar-refractivity contribution in [2.24, 2.45) is 0 Å². The standard InChI is InChI=1S/C17H17Cl2F/c1-3-11-8-9-12(4-2)14(10-11)16(18)13-6-5-7-15(20)17(13)19/h5-10,16H,3-4H2,1-2H3. The predicted molar refractivity (Wildman–Crippen MR) is 84.3 cm³/mol. The lowest BCUT2D eigenvalue weighted by molar-refractivity contribution is 0.626. The highest BCUT2D eigenvalue weighted by Crippen LogP contribution is 2.37. The van der Waals surface area contributed by atoms with Crippen molar-refractivity contribution in [2.45, 2.75) is 32.1 Å². The molecule has 0 spiro atoms. The molecule has 1 atom stereocenters. The average molecular weight is 311 g/mol. The van der Waals surface area contributed by atoms with Crippen LogP contribution in [0.15, 0.2) is 36.4 Å². The summed E-state index contributed by atoms with van der Waals surface area (Å²) in [5, 5.41) is -0.323. The first-order chi connectivity index (χ1) is 9.58. The van der Waals surface area contributed by atoms with E-state index >= 15 is 0 Å². The van der Waals surface area contributed by atoms with E-state index in [-0.39, 0.29) is 5.02 Å². The highest BCUT2D eigenvalue weighted by molar-refractivity contribution is 6.33. The molecule has 0 saturated carbocycles. The van der Waals surface area contributed by atoms with Crippen LogP contribution in [0.4, 0.5) is 4.39 Å². The molecule has 0 heterocycles. The van der Waals surface area contributed by atoms with Gasteiger partial charge in [0.05, 0.1) is 10.4 Å². The summed E-state index contributed by atoms with van der Waals surface area (Å²) in [6.07, 6.45) is 1.83. The van der Waals surface area contributed by atoms with E-state index in [9.17, 15) is 4.39 Å². The molecule has 20 heavy (non-hydrogen) atoms. The Kier molecular flexibility index (Phi) is 5.06. The molecule has 2 aromatic rings. The number of alkyl halides is 1. The molecule has 0 fully saturated rings. The third-order valence-electron chi connectivity index (χ3n) is 3.53. The van der Waals surface area contributed by atoms with Gasteiger partial charge < -0.3 is 0 Å². The van der Waals surface area contributed by atoms with Crippen LogP contribution in [0, 0.1) is 5.82 Å². The van der Waals surface area contributed by atoms with Crippen LogP contribution in [0.2, 0.25) is 5.02 Å². The van der Waals surface area contributed by atoms with Crippen molar-refractivity contribution < 1.29 is 4.39 Å². The van der Waals surface area contributed by atoms with Crippen molar-refractivity contribution in [3.63, 3.8) is 0 Å². The Hall–Kier alpha value is -1.05. The van der Waals surface area contributed by atoms with Crippen LogP contribution in [0.3, 0.4) is 0 Å². The molecule has 0 aliphatic carbocycles. The zero-order valence-corrected chi connectivity index (χ0v) is 13.1. The molecule has 106 valence electrons. The summed E-state index contributed by atoms with van der Waals surface area (Å²) in [6.45, 7) is 4.18. The van der Waals surface area contributed by atoms with E-state index < -0.39 is 11.2 Å². The summed E-state index contributed by atoms with van der Waals surface area (Å²) >= 11 is 12.6.